The van der Waals surface area contributed by atoms with Gasteiger partial charge in [-0.15, -0.1) is 0 Å². The van der Waals surface area contributed by atoms with E-state index < -0.39 is 9.84 Å². The first-order valence-electron chi connectivity index (χ1n) is 5.47. The summed E-state index contributed by atoms with van der Waals surface area (Å²) in [5.41, 5.74) is 7.04. The van der Waals surface area contributed by atoms with Crippen LogP contribution < -0.4 is 5.73 Å². The monoisotopic (exact) mass is 257 g/mol. The van der Waals surface area contributed by atoms with Crippen molar-refractivity contribution >= 4 is 15.7 Å². The van der Waals surface area contributed by atoms with Crippen molar-refractivity contribution in [1.82, 2.24) is 9.97 Å². The van der Waals surface area contributed by atoms with Gasteiger partial charge in [-0.1, -0.05) is 0 Å². The van der Waals surface area contributed by atoms with Crippen LogP contribution in [0.5, 0.6) is 0 Å². The Hall–Kier alpha value is -1.21. The lowest BCUT2D eigenvalue weighted by Gasteiger charge is -2.17. The predicted molar refractivity (Wildman–Crippen MR) is 63.0 cm³/mol. The number of aliphatic hydroxyl groups is 1. The molecule has 0 unspecified atom stereocenters. The number of hydrogen-bond donors (Lipinski definition) is 2. The average molecular weight is 257 g/mol. The highest BCUT2D eigenvalue weighted by molar-refractivity contribution is 7.90. The molecule has 0 saturated heterocycles. The standard InChI is InChI=1S/C10H15N3O3S/c11-10-7-6-17(15,16)5-3-8(7)12-9(13-10)2-1-4-14/h14H,1-6H2,(H2,11,12,13). The van der Waals surface area contributed by atoms with Crippen LogP contribution in [0.25, 0.3) is 0 Å². The second-order valence-electron chi connectivity index (χ2n) is 4.12. The van der Waals surface area contributed by atoms with Gasteiger partial charge < -0.3 is 10.8 Å². The van der Waals surface area contributed by atoms with Gasteiger partial charge in [-0.3, -0.25) is 0 Å². The molecule has 2 heterocycles. The van der Waals surface area contributed by atoms with Crippen LogP contribution >= 0.6 is 0 Å². The number of nitrogen functional groups attached to an aromatic ring is 1. The summed E-state index contributed by atoms with van der Waals surface area (Å²) < 4.78 is 23.0. The maximum absolute atomic E-state index is 11.5. The summed E-state index contributed by atoms with van der Waals surface area (Å²) in [5, 5.41) is 8.74. The van der Waals surface area contributed by atoms with Crippen molar-refractivity contribution < 1.29 is 13.5 Å². The second-order valence-corrected chi connectivity index (χ2v) is 6.30. The molecule has 17 heavy (non-hydrogen) atoms. The summed E-state index contributed by atoms with van der Waals surface area (Å²) >= 11 is 0. The first-order valence-corrected chi connectivity index (χ1v) is 7.29. The highest BCUT2D eigenvalue weighted by atomic mass is 32.2. The van der Waals surface area contributed by atoms with Gasteiger partial charge in [0.05, 0.1) is 17.2 Å². The van der Waals surface area contributed by atoms with E-state index in [1.54, 1.807) is 0 Å². The summed E-state index contributed by atoms with van der Waals surface area (Å²) in [6, 6.07) is 0. The van der Waals surface area contributed by atoms with Gasteiger partial charge in [0, 0.05) is 25.0 Å². The van der Waals surface area contributed by atoms with E-state index in [4.69, 9.17) is 10.8 Å². The highest BCUT2D eigenvalue weighted by Crippen LogP contribution is 2.23. The Labute approximate surface area is 99.8 Å². The average Bonchev–Trinajstić information content (AvgIpc) is 2.27. The Morgan fingerprint density at radius 3 is 2.82 bits per heavy atom. The number of nitrogens with two attached hydrogens (primary N) is 1. The van der Waals surface area contributed by atoms with Crippen molar-refractivity contribution in [3.8, 4) is 0 Å². The molecule has 2 rings (SSSR count). The number of rotatable bonds is 3. The minimum absolute atomic E-state index is 0.0611. The van der Waals surface area contributed by atoms with E-state index >= 15 is 0 Å². The van der Waals surface area contributed by atoms with E-state index in [1.165, 1.54) is 0 Å². The van der Waals surface area contributed by atoms with E-state index in [0.29, 0.717) is 30.7 Å². The lowest BCUT2D eigenvalue weighted by atomic mass is 10.1. The molecule has 0 atom stereocenters. The maximum Gasteiger partial charge on any atom is 0.155 e. The number of aromatic nitrogens is 2. The van der Waals surface area contributed by atoms with Gasteiger partial charge in [0.1, 0.15) is 11.6 Å². The summed E-state index contributed by atoms with van der Waals surface area (Å²) in [5.74, 6) is 0.894. The molecular formula is C10H15N3O3S. The molecule has 1 aliphatic rings. The summed E-state index contributed by atoms with van der Waals surface area (Å²) in [4.78, 5) is 8.39. The van der Waals surface area contributed by atoms with Crippen LogP contribution in [0.1, 0.15) is 23.5 Å². The number of fused-ring (bicyclic) bond motifs is 1. The quantitative estimate of drug-likeness (QED) is 0.753. The number of nitrogens with zero attached hydrogens (tertiary/aromatic N) is 2. The van der Waals surface area contributed by atoms with Crippen LogP contribution in [0.3, 0.4) is 0 Å². The molecule has 0 saturated carbocycles. The lowest BCUT2D eigenvalue weighted by molar-refractivity contribution is 0.287. The van der Waals surface area contributed by atoms with Crippen molar-refractivity contribution in [2.75, 3.05) is 18.1 Å². The third-order valence-electron chi connectivity index (χ3n) is 2.74. The number of aryl methyl sites for hydroxylation is 2. The van der Waals surface area contributed by atoms with E-state index in [2.05, 4.69) is 9.97 Å². The van der Waals surface area contributed by atoms with Crippen LogP contribution in [0.4, 0.5) is 5.82 Å². The molecular weight excluding hydrogens is 242 g/mol. The van der Waals surface area contributed by atoms with Crippen molar-refractivity contribution in [3.63, 3.8) is 0 Å². The highest BCUT2D eigenvalue weighted by Gasteiger charge is 2.25. The van der Waals surface area contributed by atoms with Gasteiger partial charge in [0.2, 0.25) is 0 Å². The Morgan fingerprint density at radius 2 is 2.12 bits per heavy atom. The summed E-state index contributed by atoms with van der Waals surface area (Å²) in [6.45, 7) is 0.0781. The topological polar surface area (TPSA) is 106 Å². The second kappa shape index (κ2) is 4.58. The molecule has 1 aromatic rings. The van der Waals surface area contributed by atoms with Crippen molar-refractivity contribution in [2.24, 2.45) is 0 Å². The van der Waals surface area contributed by atoms with E-state index in [1.807, 2.05) is 0 Å². The molecule has 1 aromatic heterocycles. The lowest BCUT2D eigenvalue weighted by Crippen LogP contribution is -2.23. The zero-order chi connectivity index (χ0) is 12.5. The first-order chi connectivity index (χ1) is 8.02. The minimum Gasteiger partial charge on any atom is -0.396 e. The zero-order valence-corrected chi connectivity index (χ0v) is 10.2. The number of anilines is 1. The third-order valence-corrected chi connectivity index (χ3v) is 4.30. The fraction of sp³-hybridized carbons (Fsp3) is 0.600. The molecule has 0 fully saturated rings. The van der Waals surface area contributed by atoms with Crippen molar-refractivity contribution in [1.29, 1.82) is 0 Å². The predicted octanol–water partition coefficient (Wildman–Crippen LogP) is -0.545. The molecule has 7 heteroatoms. The molecule has 3 N–H and O–H groups in total. The Kier molecular flexibility index (Phi) is 3.30. The van der Waals surface area contributed by atoms with Crippen molar-refractivity contribution in [3.05, 3.63) is 17.1 Å². The molecule has 6 nitrogen and oxygen atoms in total. The van der Waals surface area contributed by atoms with Crippen LogP contribution in [0.15, 0.2) is 0 Å². The molecule has 0 amide bonds. The first kappa shape index (κ1) is 12.3. The number of hydrogen-bond acceptors (Lipinski definition) is 6. The van der Waals surface area contributed by atoms with Gasteiger partial charge in [-0.05, 0) is 6.42 Å². The van der Waals surface area contributed by atoms with Crippen LogP contribution in [0, 0.1) is 0 Å². The Morgan fingerprint density at radius 1 is 1.35 bits per heavy atom. The number of aliphatic hydroxyl groups excluding tert-OH is 1. The van der Waals surface area contributed by atoms with Crippen LogP contribution in [0.2, 0.25) is 0 Å². The summed E-state index contributed by atoms with van der Waals surface area (Å²) in [7, 11) is -3.05. The molecule has 1 aliphatic heterocycles. The van der Waals surface area contributed by atoms with E-state index in [-0.39, 0.29) is 23.9 Å². The van der Waals surface area contributed by atoms with Crippen molar-refractivity contribution in [2.45, 2.75) is 25.0 Å². The normalized spacial score (nSPS) is 17.7. The van der Waals surface area contributed by atoms with Gasteiger partial charge >= 0.3 is 0 Å². The molecule has 0 spiro atoms. The van der Waals surface area contributed by atoms with E-state index in [0.717, 1.165) is 5.69 Å². The van der Waals surface area contributed by atoms with Gasteiger partial charge in [0.15, 0.2) is 9.84 Å². The third kappa shape index (κ3) is 2.73. The molecule has 94 valence electrons. The maximum atomic E-state index is 11.5. The molecule has 0 bridgehead atoms. The fourth-order valence-electron chi connectivity index (χ4n) is 1.86. The fourth-order valence-corrected chi connectivity index (χ4v) is 3.26. The van der Waals surface area contributed by atoms with Crippen LogP contribution in [-0.2, 0) is 28.4 Å². The molecule has 0 aliphatic carbocycles. The SMILES string of the molecule is Nc1nc(CCCO)nc2c1CS(=O)(=O)CC2. The van der Waals surface area contributed by atoms with Gasteiger partial charge in [-0.2, -0.15) is 0 Å². The Bertz CT molecular complexity index is 528. The van der Waals surface area contributed by atoms with E-state index in [9.17, 15) is 8.42 Å². The number of sulfone groups is 1. The Balaban J connectivity index is 2.33. The zero-order valence-electron chi connectivity index (χ0n) is 9.39. The molecule has 0 aromatic carbocycles. The largest absolute Gasteiger partial charge is 0.396 e. The van der Waals surface area contributed by atoms with Gasteiger partial charge in [-0.25, -0.2) is 18.4 Å². The van der Waals surface area contributed by atoms with Gasteiger partial charge in [0.25, 0.3) is 0 Å². The minimum atomic E-state index is -3.05. The summed E-state index contributed by atoms with van der Waals surface area (Å²) in [6.07, 6.45) is 1.54. The smallest absolute Gasteiger partial charge is 0.155 e. The molecule has 0 radical (unpaired) electrons. The van der Waals surface area contributed by atoms with Crippen LogP contribution in [-0.4, -0.2) is 35.9 Å².